The van der Waals surface area contributed by atoms with E-state index < -0.39 is 0 Å². The number of hydrogen-bond acceptors (Lipinski definition) is 3. The molecule has 0 saturated carbocycles. The number of aryl methyl sites for hydroxylation is 1. The molecule has 1 saturated heterocycles. The molecule has 1 fully saturated rings. The fraction of sp³-hybridized carbons (Fsp3) is 0.583. The highest BCUT2D eigenvalue weighted by molar-refractivity contribution is 5.08. The molecule has 0 spiro atoms. The van der Waals surface area contributed by atoms with Crippen molar-refractivity contribution in [3.8, 4) is 0 Å². The van der Waals surface area contributed by atoms with E-state index in [0.717, 1.165) is 37.6 Å². The van der Waals surface area contributed by atoms with E-state index in [1.165, 1.54) is 0 Å². The zero-order chi connectivity index (χ0) is 10.5. The van der Waals surface area contributed by atoms with Crippen molar-refractivity contribution in [2.45, 2.75) is 20.0 Å². The van der Waals surface area contributed by atoms with Crippen LogP contribution in [0.25, 0.3) is 0 Å². The van der Waals surface area contributed by atoms with Gasteiger partial charge in [-0.1, -0.05) is 6.07 Å². The van der Waals surface area contributed by atoms with Gasteiger partial charge < -0.3 is 9.47 Å². The Morgan fingerprint density at radius 3 is 3.20 bits per heavy atom. The zero-order valence-electron chi connectivity index (χ0n) is 9.11. The minimum Gasteiger partial charge on any atom is -0.381 e. The highest BCUT2D eigenvalue weighted by atomic mass is 16.5. The highest BCUT2D eigenvalue weighted by Gasteiger charge is 2.15. The molecule has 1 aliphatic rings. The van der Waals surface area contributed by atoms with Crippen LogP contribution in [0.2, 0.25) is 0 Å². The minimum absolute atomic E-state index is 0.579. The zero-order valence-corrected chi connectivity index (χ0v) is 9.11. The molecular weight excluding hydrogens is 190 g/mol. The van der Waals surface area contributed by atoms with Gasteiger partial charge in [-0.05, 0) is 25.5 Å². The Morgan fingerprint density at radius 2 is 2.47 bits per heavy atom. The van der Waals surface area contributed by atoms with Gasteiger partial charge in [0.2, 0.25) is 0 Å². The van der Waals surface area contributed by atoms with Crippen molar-refractivity contribution in [1.82, 2.24) is 4.98 Å². The molecule has 0 radical (unpaired) electrons. The summed E-state index contributed by atoms with van der Waals surface area (Å²) >= 11 is 0. The summed E-state index contributed by atoms with van der Waals surface area (Å²) in [6.45, 7) is 5.13. The van der Waals surface area contributed by atoms with Crippen LogP contribution in [0.15, 0.2) is 18.2 Å². The lowest BCUT2D eigenvalue weighted by Gasteiger charge is -2.08. The first-order valence-electron chi connectivity index (χ1n) is 5.42. The Bertz CT molecular complexity index is 308. The van der Waals surface area contributed by atoms with Crippen molar-refractivity contribution < 1.29 is 9.47 Å². The first kappa shape index (κ1) is 10.6. The molecule has 0 amide bonds. The van der Waals surface area contributed by atoms with E-state index >= 15 is 0 Å². The maximum Gasteiger partial charge on any atom is 0.0888 e. The van der Waals surface area contributed by atoms with Gasteiger partial charge in [-0.25, -0.2) is 0 Å². The molecule has 0 aliphatic carbocycles. The number of hydrogen-bond donors (Lipinski definition) is 0. The second-order valence-electron chi connectivity index (χ2n) is 4.02. The van der Waals surface area contributed by atoms with Crippen molar-refractivity contribution in [2.24, 2.45) is 5.92 Å². The van der Waals surface area contributed by atoms with E-state index in [0.29, 0.717) is 12.5 Å². The molecule has 0 aromatic carbocycles. The summed E-state index contributed by atoms with van der Waals surface area (Å²) < 4.78 is 10.9. The van der Waals surface area contributed by atoms with E-state index in [9.17, 15) is 0 Å². The Kier molecular flexibility index (Phi) is 3.69. The first-order valence-corrected chi connectivity index (χ1v) is 5.42. The molecule has 0 bridgehead atoms. The van der Waals surface area contributed by atoms with Crippen LogP contribution in [-0.2, 0) is 16.1 Å². The molecular formula is C12H17NO2. The third-order valence-corrected chi connectivity index (χ3v) is 2.57. The van der Waals surface area contributed by atoms with E-state index in [-0.39, 0.29) is 0 Å². The van der Waals surface area contributed by atoms with Gasteiger partial charge in [0.05, 0.1) is 25.5 Å². The quantitative estimate of drug-likeness (QED) is 0.756. The minimum atomic E-state index is 0.579. The smallest absolute Gasteiger partial charge is 0.0888 e. The van der Waals surface area contributed by atoms with Crippen molar-refractivity contribution in [2.75, 3.05) is 19.8 Å². The van der Waals surface area contributed by atoms with Gasteiger partial charge in [0, 0.05) is 18.2 Å². The third kappa shape index (κ3) is 3.29. The predicted molar refractivity (Wildman–Crippen MR) is 57.6 cm³/mol. The molecule has 3 nitrogen and oxygen atoms in total. The van der Waals surface area contributed by atoms with Gasteiger partial charge in [-0.2, -0.15) is 0 Å². The molecule has 1 aromatic rings. The number of pyridine rings is 1. The van der Waals surface area contributed by atoms with Crippen LogP contribution in [-0.4, -0.2) is 24.8 Å². The SMILES string of the molecule is Cc1cccc(COCC2CCOC2)n1. The van der Waals surface area contributed by atoms with Gasteiger partial charge in [-0.3, -0.25) is 4.98 Å². The fourth-order valence-electron chi connectivity index (χ4n) is 1.72. The van der Waals surface area contributed by atoms with Crippen molar-refractivity contribution in [1.29, 1.82) is 0 Å². The summed E-state index contributed by atoms with van der Waals surface area (Å²) in [7, 11) is 0. The van der Waals surface area contributed by atoms with E-state index in [1.807, 2.05) is 25.1 Å². The van der Waals surface area contributed by atoms with Crippen LogP contribution in [0, 0.1) is 12.8 Å². The van der Waals surface area contributed by atoms with Crippen LogP contribution >= 0.6 is 0 Å². The summed E-state index contributed by atoms with van der Waals surface area (Å²) in [6, 6.07) is 6.01. The van der Waals surface area contributed by atoms with Gasteiger partial charge >= 0.3 is 0 Å². The second-order valence-corrected chi connectivity index (χ2v) is 4.02. The fourth-order valence-corrected chi connectivity index (χ4v) is 1.72. The molecule has 1 atom stereocenters. The van der Waals surface area contributed by atoms with Crippen molar-refractivity contribution in [3.05, 3.63) is 29.6 Å². The molecule has 1 unspecified atom stereocenters. The lowest BCUT2D eigenvalue weighted by molar-refractivity contribution is 0.0772. The molecule has 82 valence electrons. The molecule has 1 aromatic heterocycles. The Morgan fingerprint density at radius 1 is 1.53 bits per heavy atom. The molecule has 0 N–H and O–H groups in total. The topological polar surface area (TPSA) is 31.4 Å². The van der Waals surface area contributed by atoms with Crippen LogP contribution < -0.4 is 0 Å². The Labute approximate surface area is 90.4 Å². The van der Waals surface area contributed by atoms with E-state index in [1.54, 1.807) is 0 Å². The summed E-state index contributed by atoms with van der Waals surface area (Å²) in [5.74, 6) is 0.579. The maximum atomic E-state index is 5.62. The number of aromatic nitrogens is 1. The van der Waals surface area contributed by atoms with E-state index in [2.05, 4.69) is 4.98 Å². The van der Waals surface area contributed by atoms with Crippen molar-refractivity contribution in [3.63, 3.8) is 0 Å². The highest BCUT2D eigenvalue weighted by Crippen LogP contribution is 2.13. The average Bonchev–Trinajstić information content (AvgIpc) is 2.71. The van der Waals surface area contributed by atoms with Gasteiger partial charge in [-0.15, -0.1) is 0 Å². The van der Waals surface area contributed by atoms with Crippen LogP contribution in [0.5, 0.6) is 0 Å². The van der Waals surface area contributed by atoms with Crippen LogP contribution in [0.4, 0.5) is 0 Å². The summed E-state index contributed by atoms with van der Waals surface area (Å²) in [6.07, 6.45) is 1.13. The summed E-state index contributed by atoms with van der Waals surface area (Å²) in [4.78, 5) is 4.38. The van der Waals surface area contributed by atoms with Crippen LogP contribution in [0.3, 0.4) is 0 Å². The third-order valence-electron chi connectivity index (χ3n) is 2.57. The lowest BCUT2D eigenvalue weighted by atomic mass is 10.1. The molecule has 3 heteroatoms. The molecule has 1 aliphatic heterocycles. The Hall–Kier alpha value is -0.930. The standard InChI is InChI=1S/C12H17NO2/c1-10-3-2-4-12(13-10)9-15-8-11-5-6-14-7-11/h2-4,11H,5-9H2,1H3. The Balaban J connectivity index is 1.73. The maximum absolute atomic E-state index is 5.62. The van der Waals surface area contributed by atoms with Gasteiger partial charge in [0.25, 0.3) is 0 Å². The molecule has 2 heterocycles. The number of nitrogens with zero attached hydrogens (tertiary/aromatic N) is 1. The first-order chi connectivity index (χ1) is 7.34. The monoisotopic (exact) mass is 207 g/mol. The summed E-state index contributed by atoms with van der Waals surface area (Å²) in [5, 5.41) is 0. The van der Waals surface area contributed by atoms with E-state index in [4.69, 9.17) is 9.47 Å². The molecule has 2 rings (SSSR count). The number of rotatable bonds is 4. The summed E-state index contributed by atoms with van der Waals surface area (Å²) in [5.41, 5.74) is 2.05. The normalized spacial score (nSPS) is 20.7. The average molecular weight is 207 g/mol. The second kappa shape index (κ2) is 5.24. The van der Waals surface area contributed by atoms with Gasteiger partial charge in [0.15, 0.2) is 0 Å². The van der Waals surface area contributed by atoms with Crippen LogP contribution in [0.1, 0.15) is 17.8 Å². The molecule has 15 heavy (non-hydrogen) atoms. The number of ether oxygens (including phenoxy) is 2. The lowest BCUT2D eigenvalue weighted by Crippen LogP contribution is -2.09. The van der Waals surface area contributed by atoms with Gasteiger partial charge in [0.1, 0.15) is 0 Å². The predicted octanol–water partition coefficient (Wildman–Crippen LogP) is 1.94. The van der Waals surface area contributed by atoms with Crippen molar-refractivity contribution >= 4 is 0 Å². The largest absolute Gasteiger partial charge is 0.381 e.